The van der Waals surface area contributed by atoms with Gasteiger partial charge in [0.05, 0.1) is 6.10 Å². The molecule has 0 radical (unpaired) electrons. The Hall–Kier alpha value is -0.610. The lowest BCUT2D eigenvalue weighted by Gasteiger charge is -2.15. The molecule has 0 aromatic heterocycles. The normalized spacial score (nSPS) is 31.8. The van der Waals surface area contributed by atoms with Gasteiger partial charge < -0.3 is 15.8 Å². The maximum Gasteiger partial charge on any atom is 0.246 e. The first-order chi connectivity index (χ1) is 6.75. The quantitative estimate of drug-likeness (QED) is 0.676. The third-order valence-electron chi connectivity index (χ3n) is 2.87. The molecule has 80 valence electrons. The predicted molar refractivity (Wildman–Crippen MR) is 52.7 cm³/mol. The number of hydrogen-bond donors (Lipinski definition) is 2. The summed E-state index contributed by atoms with van der Waals surface area (Å²) in [5, 5.41) is 2.89. The molecule has 2 unspecified atom stereocenters. The van der Waals surface area contributed by atoms with Crippen molar-refractivity contribution in [2.75, 3.05) is 6.61 Å². The zero-order chi connectivity index (χ0) is 9.97. The van der Waals surface area contributed by atoms with Gasteiger partial charge in [-0.1, -0.05) is 0 Å². The number of rotatable bonds is 4. The molecule has 0 aliphatic heterocycles. The van der Waals surface area contributed by atoms with Crippen molar-refractivity contribution in [1.82, 2.24) is 5.32 Å². The molecule has 3 N–H and O–H groups in total. The lowest BCUT2D eigenvalue weighted by molar-refractivity contribution is -0.127. The van der Waals surface area contributed by atoms with Crippen LogP contribution in [0.4, 0.5) is 0 Å². The van der Waals surface area contributed by atoms with E-state index in [1.54, 1.807) is 0 Å². The van der Waals surface area contributed by atoms with Crippen LogP contribution in [0.15, 0.2) is 0 Å². The Morgan fingerprint density at radius 2 is 2.14 bits per heavy atom. The third-order valence-corrected chi connectivity index (χ3v) is 2.87. The van der Waals surface area contributed by atoms with Crippen molar-refractivity contribution in [3.8, 4) is 0 Å². The first-order valence-corrected chi connectivity index (χ1v) is 5.42. The van der Waals surface area contributed by atoms with E-state index in [0.717, 1.165) is 32.1 Å². The zero-order valence-corrected chi connectivity index (χ0v) is 8.37. The molecule has 2 fully saturated rings. The van der Waals surface area contributed by atoms with E-state index in [4.69, 9.17) is 10.5 Å². The largest absolute Gasteiger partial charge is 0.367 e. The van der Waals surface area contributed by atoms with E-state index < -0.39 is 0 Å². The SMILES string of the molecule is NC1CCCC1OCC(=O)NC1CC1. The number of carbonyl (C=O) groups is 1. The van der Waals surface area contributed by atoms with Crippen molar-refractivity contribution in [3.05, 3.63) is 0 Å². The van der Waals surface area contributed by atoms with Crippen LogP contribution in [0, 0.1) is 0 Å². The second-order valence-corrected chi connectivity index (χ2v) is 4.29. The first-order valence-electron chi connectivity index (χ1n) is 5.42. The molecule has 2 aliphatic carbocycles. The Kier molecular flexibility index (Phi) is 3.03. The molecule has 4 heteroatoms. The molecule has 0 bridgehead atoms. The summed E-state index contributed by atoms with van der Waals surface area (Å²) < 4.78 is 5.47. The van der Waals surface area contributed by atoms with E-state index >= 15 is 0 Å². The summed E-state index contributed by atoms with van der Waals surface area (Å²) in [6, 6.07) is 0.548. The average Bonchev–Trinajstić information content (AvgIpc) is 2.86. The summed E-state index contributed by atoms with van der Waals surface area (Å²) in [6.45, 7) is 0.175. The number of amides is 1. The van der Waals surface area contributed by atoms with E-state index in [0.29, 0.717) is 6.04 Å². The maximum atomic E-state index is 11.3. The molecule has 14 heavy (non-hydrogen) atoms. The molecule has 2 rings (SSSR count). The highest BCUT2D eigenvalue weighted by Gasteiger charge is 2.27. The van der Waals surface area contributed by atoms with Crippen LogP contribution in [0.2, 0.25) is 0 Å². The molecule has 2 atom stereocenters. The monoisotopic (exact) mass is 198 g/mol. The number of nitrogens with two attached hydrogens (primary N) is 1. The molecule has 0 aromatic rings. The minimum Gasteiger partial charge on any atom is -0.367 e. The van der Waals surface area contributed by atoms with E-state index in [2.05, 4.69) is 5.32 Å². The molecule has 4 nitrogen and oxygen atoms in total. The molecule has 0 spiro atoms. The standard InChI is InChI=1S/C10H18N2O2/c11-8-2-1-3-9(8)14-6-10(13)12-7-4-5-7/h7-9H,1-6,11H2,(H,12,13). The van der Waals surface area contributed by atoms with Gasteiger partial charge in [-0.15, -0.1) is 0 Å². The lowest BCUT2D eigenvalue weighted by atomic mass is 10.2. The van der Waals surface area contributed by atoms with E-state index in [-0.39, 0.29) is 24.7 Å². The van der Waals surface area contributed by atoms with Crippen LogP contribution in [-0.4, -0.2) is 30.7 Å². The fraction of sp³-hybridized carbons (Fsp3) is 0.900. The molecule has 0 heterocycles. The highest BCUT2D eigenvalue weighted by atomic mass is 16.5. The Bertz CT molecular complexity index is 216. The van der Waals surface area contributed by atoms with Crippen molar-refractivity contribution in [2.45, 2.75) is 50.3 Å². The molecule has 1 amide bonds. The summed E-state index contributed by atoms with van der Waals surface area (Å²) in [6.07, 6.45) is 5.48. The van der Waals surface area contributed by atoms with Gasteiger partial charge in [0, 0.05) is 12.1 Å². The van der Waals surface area contributed by atoms with Gasteiger partial charge in [-0.05, 0) is 32.1 Å². The summed E-state index contributed by atoms with van der Waals surface area (Å²) >= 11 is 0. The van der Waals surface area contributed by atoms with Crippen molar-refractivity contribution in [1.29, 1.82) is 0 Å². The fourth-order valence-electron chi connectivity index (χ4n) is 1.84. The van der Waals surface area contributed by atoms with Crippen LogP contribution in [0.5, 0.6) is 0 Å². The van der Waals surface area contributed by atoms with Crippen molar-refractivity contribution < 1.29 is 9.53 Å². The fourth-order valence-corrected chi connectivity index (χ4v) is 1.84. The van der Waals surface area contributed by atoms with Gasteiger partial charge in [-0.25, -0.2) is 0 Å². The minimum atomic E-state index is 0.00611. The third kappa shape index (κ3) is 2.69. The highest BCUT2D eigenvalue weighted by Crippen LogP contribution is 2.21. The molecule has 0 saturated heterocycles. The number of nitrogens with one attached hydrogen (secondary N) is 1. The molecule has 2 aliphatic rings. The second-order valence-electron chi connectivity index (χ2n) is 4.29. The van der Waals surface area contributed by atoms with Crippen LogP contribution in [-0.2, 0) is 9.53 Å². The van der Waals surface area contributed by atoms with Crippen LogP contribution in [0.25, 0.3) is 0 Å². The minimum absolute atomic E-state index is 0.00611. The smallest absolute Gasteiger partial charge is 0.246 e. The van der Waals surface area contributed by atoms with E-state index in [1.165, 1.54) is 0 Å². The summed E-state index contributed by atoms with van der Waals surface area (Å²) in [5.74, 6) is 0.00611. The van der Waals surface area contributed by atoms with Gasteiger partial charge in [-0.2, -0.15) is 0 Å². The Labute approximate surface area is 84.2 Å². The number of ether oxygens (including phenoxy) is 1. The van der Waals surface area contributed by atoms with Gasteiger partial charge in [0.25, 0.3) is 0 Å². The predicted octanol–water partition coefficient (Wildman–Crippen LogP) is 0.161. The highest BCUT2D eigenvalue weighted by molar-refractivity contribution is 5.77. The molecular formula is C10H18N2O2. The van der Waals surface area contributed by atoms with Gasteiger partial charge in [0.2, 0.25) is 5.91 Å². The molecule has 2 saturated carbocycles. The Morgan fingerprint density at radius 1 is 1.36 bits per heavy atom. The van der Waals surface area contributed by atoms with Crippen molar-refractivity contribution >= 4 is 5.91 Å². The molecule has 0 aromatic carbocycles. The summed E-state index contributed by atoms with van der Waals surface area (Å²) in [7, 11) is 0. The van der Waals surface area contributed by atoms with Crippen LogP contribution in [0.3, 0.4) is 0 Å². The van der Waals surface area contributed by atoms with Crippen molar-refractivity contribution in [2.24, 2.45) is 5.73 Å². The topological polar surface area (TPSA) is 64.3 Å². The number of hydrogen-bond acceptors (Lipinski definition) is 3. The Balaban J connectivity index is 1.62. The number of carbonyl (C=O) groups excluding carboxylic acids is 1. The first kappa shape index (κ1) is 9.93. The van der Waals surface area contributed by atoms with Crippen LogP contribution < -0.4 is 11.1 Å². The van der Waals surface area contributed by atoms with Crippen LogP contribution >= 0.6 is 0 Å². The molecular weight excluding hydrogens is 180 g/mol. The second kappa shape index (κ2) is 4.28. The van der Waals surface area contributed by atoms with Gasteiger partial charge in [0.1, 0.15) is 6.61 Å². The Morgan fingerprint density at radius 3 is 2.71 bits per heavy atom. The summed E-state index contributed by atoms with van der Waals surface area (Å²) in [4.78, 5) is 11.3. The van der Waals surface area contributed by atoms with Gasteiger partial charge >= 0.3 is 0 Å². The van der Waals surface area contributed by atoms with Gasteiger partial charge in [-0.3, -0.25) is 4.79 Å². The van der Waals surface area contributed by atoms with Gasteiger partial charge in [0.15, 0.2) is 0 Å². The van der Waals surface area contributed by atoms with Crippen molar-refractivity contribution in [3.63, 3.8) is 0 Å². The zero-order valence-electron chi connectivity index (χ0n) is 8.37. The lowest BCUT2D eigenvalue weighted by Crippen LogP contribution is -2.36. The maximum absolute atomic E-state index is 11.3. The summed E-state index contributed by atoms with van der Waals surface area (Å²) in [5.41, 5.74) is 5.82. The average molecular weight is 198 g/mol. The van der Waals surface area contributed by atoms with E-state index in [9.17, 15) is 4.79 Å². The van der Waals surface area contributed by atoms with Crippen LogP contribution in [0.1, 0.15) is 32.1 Å². The van der Waals surface area contributed by atoms with E-state index in [1.807, 2.05) is 0 Å².